The van der Waals surface area contributed by atoms with Gasteiger partial charge in [0.05, 0.1) is 0 Å². The highest BCUT2D eigenvalue weighted by Gasteiger charge is 2.29. The molecule has 8 heteroatoms. The molecule has 0 bridgehead atoms. The zero-order valence-electron chi connectivity index (χ0n) is 11.1. The van der Waals surface area contributed by atoms with Crippen molar-refractivity contribution in [2.45, 2.75) is 16.8 Å². The van der Waals surface area contributed by atoms with E-state index in [2.05, 4.69) is 11.9 Å². The first-order valence-corrected chi connectivity index (χ1v) is 6.68. The van der Waals surface area contributed by atoms with Crippen LogP contribution < -0.4 is 5.32 Å². The lowest BCUT2D eigenvalue weighted by atomic mass is 10.2. The topological polar surface area (TPSA) is 73.1 Å². The number of hydrogen-bond donors (Lipinski definition) is 2. The molecule has 1 amide bonds. The second-order valence-corrected chi connectivity index (χ2v) is 5.09. The number of halogens is 3. The van der Waals surface area contributed by atoms with E-state index >= 15 is 0 Å². The number of anilines is 1. The van der Waals surface area contributed by atoms with Crippen molar-refractivity contribution in [3.8, 4) is 6.07 Å². The predicted octanol–water partition coefficient (Wildman–Crippen LogP) is 4.15. The monoisotopic (exact) mass is 328 g/mol. The fourth-order valence-corrected chi connectivity index (χ4v) is 1.96. The Hall–Kier alpha value is -2.40. The van der Waals surface area contributed by atoms with Crippen molar-refractivity contribution in [2.24, 2.45) is 0 Å². The molecular weight excluding hydrogens is 317 g/mol. The van der Waals surface area contributed by atoms with Crippen molar-refractivity contribution >= 4 is 23.4 Å². The third-order valence-electron chi connectivity index (χ3n) is 2.31. The van der Waals surface area contributed by atoms with Crippen LogP contribution >= 0.6 is 11.8 Å². The van der Waals surface area contributed by atoms with Gasteiger partial charge in [-0.3, -0.25) is 4.79 Å². The Morgan fingerprint density at radius 1 is 1.41 bits per heavy atom. The standard InChI is InChI=1S/C14H11F3N2O2S/c1-2-3-12(20)11(8-18)13(21)19-9-4-6-10(7-5-9)22-14(15,16)17/h2,4-7,20H,1,3H2,(H,19,21)/b12-11-. The molecule has 0 atom stereocenters. The van der Waals surface area contributed by atoms with Gasteiger partial charge < -0.3 is 10.4 Å². The molecule has 0 aliphatic carbocycles. The molecule has 0 fully saturated rings. The largest absolute Gasteiger partial charge is 0.510 e. The smallest absolute Gasteiger partial charge is 0.446 e. The summed E-state index contributed by atoms with van der Waals surface area (Å²) in [6, 6.07) is 6.48. The van der Waals surface area contributed by atoms with Gasteiger partial charge in [-0.15, -0.1) is 6.58 Å². The van der Waals surface area contributed by atoms with E-state index in [-0.39, 0.29) is 28.8 Å². The summed E-state index contributed by atoms with van der Waals surface area (Å²) in [5, 5.41) is 20.7. The van der Waals surface area contributed by atoms with Gasteiger partial charge in [-0.1, -0.05) is 6.08 Å². The number of alkyl halides is 3. The Bertz CT molecular complexity index is 631. The second-order valence-electron chi connectivity index (χ2n) is 3.95. The quantitative estimate of drug-likeness (QED) is 0.280. The molecule has 0 saturated carbocycles. The van der Waals surface area contributed by atoms with Crippen LogP contribution in [0.1, 0.15) is 6.42 Å². The third-order valence-corrected chi connectivity index (χ3v) is 3.05. The molecule has 0 heterocycles. The number of nitrogens with one attached hydrogen (secondary N) is 1. The number of carbonyl (C=O) groups excluding carboxylic acids is 1. The Kier molecular flexibility index (Phi) is 6.07. The SMILES string of the molecule is C=CC/C(O)=C(\C#N)C(=O)Nc1ccc(SC(F)(F)F)cc1. The second kappa shape index (κ2) is 7.56. The third kappa shape index (κ3) is 5.54. The molecule has 0 unspecified atom stereocenters. The van der Waals surface area contributed by atoms with Crippen LogP contribution in [0, 0.1) is 11.3 Å². The molecule has 0 aromatic heterocycles. The number of hydrogen-bond acceptors (Lipinski definition) is 4. The van der Waals surface area contributed by atoms with Crippen molar-refractivity contribution in [1.29, 1.82) is 5.26 Å². The Labute approximate surface area is 128 Å². The van der Waals surface area contributed by atoms with E-state index in [0.29, 0.717) is 0 Å². The van der Waals surface area contributed by atoms with Crippen LogP contribution in [0.25, 0.3) is 0 Å². The predicted molar refractivity (Wildman–Crippen MR) is 77.1 cm³/mol. The number of amides is 1. The molecule has 0 saturated heterocycles. The van der Waals surface area contributed by atoms with Crippen LogP contribution in [-0.4, -0.2) is 16.5 Å². The first kappa shape index (κ1) is 17.7. The van der Waals surface area contributed by atoms with Gasteiger partial charge in [-0.2, -0.15) is 18.4 Å². The van der Waals surface area contributed by atoms with Gasteiger partial charge in [0.25, 0.3) is 5.91 Å². The average Bonchev–Trinajstić information content (AvgIpc) is 2.40. The highest BCUT2D eigenvalue weighted by Crippen LogP contribution is 2.37. The summed E-state index contributed by atoms with van der Waals surface area (Å²) in [6.45, 7) is 3.37. The molecule has 0 spiro atoms. The lowest BCUT2D eigenvalue weighted by Crippen LogP contribution is -2.15. The lowest BCUT2D eigenvalue weighted by molar-refractivity contribution is -0.112. The highest BCUT2D eigenvalue weighted by atomic mass is 32.2. The van der Waals surface area contributed by atoms with E-state index in [4.69, 9.17) is 5.26 Å². The number of benzene rings is 1. The lowest BCUT2D eigenvalue weighted by Gasteiger charge is -2.08. The summed E-state index contributed by atoms with van der Waals surface area (Å²) < 4.78 is 36.5. The van der Waals surface area contributed by atoms with E-state index in [1.54, 1.807) is 6.07 Å². The summed E-state index contributed by atoms with van der Waals surface area (Å²) in [6.07, 6.45) is 1.28. The molecule has 0 aliphatic heterocycles. The molecular formula is C14H11F3N2O2S. The molecule has 1 aromatic carbocycles. The molecule has 1 rings (SSSR count). The number of rotatable bonds is 5. The normalized spacial score (nSPS) is 12.1. The van der Waals surface area contributed by atoms with Gasteiger partial charge in [-0.25, -0.2) is 0 Å². The molecule has 4 nitrogen and oxygen atoms in total. The van der Waals surface area contributed by atoms with Crippen LogP contribution in [0.3, 0.4) is 0 Å². The minimum atomic E-state index is -4.39. The van der Waals surface area contributed by atoms with Gasteiger partial charge in [0.15, 0.2) is 5.57 Å². The number of carbonyl (C=O) groups is 1. The maximum atomic E-state index is 12.2. The summed E-state index contributed by atoms with van der Waals surface area (Å²) in [5.74, 6) is -1.28. The number of aliphatic hydroxyl groups is 1. The van der Waals surface area contributed by atoms with Crippen molar-refractivity contribution in [2.75, 3.05) is 5.32 Å². The van der Waals surface area contributed by atoms with E-state index in [1.165, 1.54) is 30.3 Å². The number of nitriles is 1. The van der Waals surface area contributed by atoms with Crippen LogP contribution in [0.15, 0.2) is 53.1 Å². The van der Waals surface area contributed by atoms with Gasteiger partial charge in [-0.05, 0) is 36.0 Å². The maximum absolute atomic E-state index is 12.2. The Morgan fingerprint density at radius 3 is 2.45 bits per heavy atom. The average molecular weight is 328 g/mol. The van der Waals surface area contributed by atoms with E-state index in [0.717, 1.165) is 0 Å². The summed E-state index contributed by atoms with van der Waals surface area (Å²) in [4.78, 5) is 11.8. The molecule has 2 N–H and O–H groups in total. The van der Waals surface area contributed by atoms with Gasteiger partial charge in [0.1, 0.15) is 11.8 Å². The van der Waals surface area contributed by atoms with Crippen LogP contribution in [0.2, 0.25) is 0 Å². The first-order chi connectivity index (χ1) is 10.3. The van der Waals surface area contributed by atoms with E-state index in [1.807, 2.05) is 0 Å². The number of aliphatic hydroxyl groups excluding tert-OH is 1. The van der Waals surface area contributed by atoms with Gasteiger partial charge >= 0.3 is 5.51 Å². The van der Waals surface area contributed by atoms with E-state index < -0.39 is 22.7 Å². The number of thioether (sulfide) groups is 1. The van der Waals surface area contributed by atoms with Crippen molar-refractivity contribution < 1.29 is 23.1 Å². The van der Waals surface area contributed by atoms with Gasteiger partial charge in [0.2, 0.25) is 0 Å². The van der Waals surface area contributed by atoms with E-state index in [9.17, 15) is 23.1 Å². The molecule has 116 valence electrons. The first-order valence-electron chi connectivity index (χ1n) is 5.87. The summed E-state index contributed by atoms with van der Waals surface area (Å²) in [5.41, 5.74) is -4.66. The highest BCUT2D eigenvalue weighted by molar-refractivity contribution is 8.00. The zero-order chi connectivity index (χ0) is 16.8. The van der Waals surface area contributed by atoms with Crippen molar-refractivity contribution in [3.05, 3.63) is 48.3 Å². The summed E-state index contributed by atoms with van der Waals surface area (Å²) >= 11 is -0.275. The fourth-order valence-electron chi connectivity index (χ4n) is 1.42. The van der Waals surface area contributed by atoms with Crippen LogP contribution in [0.5, 0.6) is 0 Å². The minimum absolute atomic E-state index is 0.0314. The molecule has 0 radical (unpaired) electrons. The zero-order valence-corrected chi connectivity index (χ0v) is 12.0. The molecule has 22 heavy (non-hydrogen) atoms. The van der Waals surface area contributed by atoms with Gasteiger partial charge in [0, 0.05) is 17.0 Å². The Balaban J connectivity index is 2.83. The number of allylic oxidation sites excluding steroid dienone is 1. The maximum Gasteiger partial charge on any atom is 0.446 e. The Morgan fingerprint density at radius 2 is 2.00 bits per heavy atom. The minimum Gasteiger partial charge on any atom is -0.510 e. The fraction of sp³-hybridized carbons (Fsp3) is 0.143. The molecule has 0 aliphatic rings. The number of nitrogens with zero attached hydrogens (tertiary/aromatic N) is 1. The summed E-state index contributed by atoms with van der Waals surface area (Å²) in [7, 11) is 0. The van der Waals surface area contributed by atoms with Crippen LogP contribution in [-0.2, 0) is 4.79 Å². The van der Waals surface area contributed by atoms with Crippen LogP contribution in [0.4, 0.5) is 18.9 Å². The van der Waals surface area contributed by atoms with Crippen molar-refractivity contribution in [3.63, 3.8) is 0 Å². The van der Waals surface area contributed by atoms with Crippen molar-refractivity contribution in [1.82, 2.24) is 0 Å². The molecule has 1 aromatic rings.